The lowest BCUT2D eigenvalue weighted by Crippen LogP contribution is -2.19. The highest BCUT2D eigenvalue weighted by molar-refractivity contribution is 5.83. The largest absolute Gasteiger partial charge is 0.385 e. The van der Waals surface area contributed by atoms with Gasteiger partial charge in [-0.3, -0.25) is 0 Å². The molecule has 0 saturated carbocycles. The summed E-state index contributed by atoms with van der Waals surface area (Å²) in [6.45, 7) is 1.76. The number of hydrogen-bond acceptors (Lipinski definition) is 2. The van der Waals surface area contributed by atoms with Crippen molar-refractivity contribution in [2.24, 2.45) is 0 Å². The van der Waals surface area contributed by atoms with Crippen LogP contribution >= 0.6 is 0 Å². The second-order valence-corrected chi connectivity index (χ2v) is 4.57. The van der Waals surface area contributed by atoms with Crippen molar-refractivity contribution in [3.8, 4) is 6.07 Å². The van der Waals surface area contributed by atoms with Crippen LogP contribution in [0.15, 0.2) is 54.6 Å². The van der Waals surface area contributed by atoms with E-state index in [2.05, 4.69) is 0 Å². The maximum absolute atomic E-state index is 10.4. The molecular formula is C16H15NO. The Kier molecular flexibility index (Phi) is 3.45. The average Bonchev–Trinajstić information content (AvgIpc) is 2.38. The topological polar surface area (TPSA) is 44.0 Å². The molecule has 0 aliphatic heterocycles. The van der Waals surface area contributed by atoms with E-state index in [4.69, 9.17) is 5.26 Å². The van der Waals surface area contributed by atoms with E-state index in [9.17, 15) is 5.11 Å². The van der Waals surface area contributed by atoms with Gasteiger partial charge in [-0.2, -0.15) is 5.26 Å². The lowest BCUT2D eigenvalue weighted by Gasteiger charge is -2.22. The summed E-state index contributed by atoms with van der Waals surface area (Å²) in [6, 6.07) is 15.9. The van der Waals surface area contributed by atoms with Crippen LogP contribution in [-0.2, 0) is 5.60 Å². The first-order valence-electron chi connectivity index (χ1n) is 5.90. The summed E-state index contributed by atoms with van der Waals surface area (Å²) in [5.74, 6) is 0. The molecule has 0 bridgehead atoms. The predicted octanol–water partition coefficient (Wildman–Crippen LogP) is 3.52. The lowest BCUT2D eigenvalue weighted by atomic mass is 9.90. The highest BCUT2D eigenvalue weighted by Crippen LogP contribution is 2.27. The molecule has 0 aromatic heterocycles. The van der Waals surface area contributed by atoms with Gasteiger partial charge >= 0.3 is 0 Å². The van der Waals surface area contributed by atoms with Crippen molar-refractivity contribution < 1.29 is 5.11 Å². The fourth-order valence-corrected chi connectivity index (χ4v) is 1.98. The first kappa shape index (κ1) is 12.3. The van der Waals surface area contributed by atoms with Crippen molar-refractivity contribution in [3.63, 3.8) is 0 Å². The minimum absolute atomic E-state index is 0.429. The maximum atomic E-state index is 10.4. The van der Waals surface area contributed by atoms with Gasteiger partial charge in [0.25, 0.3) is 0 Å². The predicted molar refractivity (Wildman–Crippen MR) is 72.9 cm³/mol. The van der Waals surface area contributed by atoms with Gasteiger partial charge in [0, 0.05) is 6.08 Å². The van der Waals surface area contributed by atoms with Crippen molar-refractivity contribution in [1.82, 2.24) is 0 Å². The molecule has 90 valence electrons. The third-order valence-electron chi connectivity index (χ3n) is 3.08. The molecule has 2 rings (SSSR count). The number of nitriles is 1. The number of allylic oxidation sites excluding steroid dienone is 1. The van der Waals surface area contributed by atoms with Crippen LogP contribution in [0.5, 0.6) is 0 Å². The molecule has 0 aliphatic carbocycles. The quantitative estimate of drug-likeness (QED) is 0.830. The summed E-state index contributed by atoms with van der Waals surface area (Å²) < 4.78 is 0. The van der Waals surface area contributed by atoms with Crippen LogP contribution in [0.3, 0.4) is 0 Å². The van der Waals surface area contributed by atoms with Crippen molar-refractivity contribution >= 4 is 10.8 Å². The summed E-state index contributed by atoms with van der Waals surface area (Å²) in [6.07, 6.45) is 3.52. The second kappa shape index (κ2) is 5.03. The highest BCUT2D eigenvalue weighted by Gasteiger charge is 2.21. The van der Waals surface area contributed by atoms with E-state index in [1.807, 2.05) is 48.5 Å². The van der Waals surface area contributed by atoms with E-state index in [0.29, 0.717) is 6.42 Å². The summed E-state index contributed by atoms with van der Waals surface area (Å²) in [5, 5.41) is 21.1. The number of rotatable bonds is 3. The minimum Gasteiger partial charge on any atom is -0.385 e. The molecule has 0 saturated heterocycles. The van der Waals surface area contributed by atoms with E-state index in [1.165, 1.54) is 6.08 Å². The number of fused-ring (bicyclic) bond motifs is 1. The molecule has 2 heteroatoms. The Balaban J connectivity index is 2.35. The van der Waals surface area contributed by atoms with Crippen LogP contribution in [0.1, 0.15) is 18.9 Å². The van der Waals surface area contributed by atoms with E-state index in [1.54, 1.807) is 13.0 Å². The molecule has 0 aliphatic rings. The summed E-state index contributed by atoms with van der Waals surface area (Å²) in [7, 11) is 0. The highest BCUT2D eigenvalue weighted by atomic mass is 16.3. The van der Waals surface area contributed by atoms with Crippen LogP contribution in [0, 0.1) is 11.3 Å². The first-order chi connectivity index (χ1) is 8.63. The van der Waals surface area contributed by atoms with Crippen LogP contribution in [0.4, 0.5) is 0 Å². The van der Waals surface area contributed by atoms with Crippen LogP contribution in [0.2, 0.25) is 0 Å². The molecule has 0 radical (unpaired) electrons. The van der Waals surface area contributed by atoms with E-state index in [0.717, 1.165) is 16.3 Å². The maximum Gasteiger partial charge on any atom is 0.0908 e. The van der Waals surface area contributed by atoms with E-state index >= 15 is 0 Å². The van der Waals surface area contributed by atoms with Gasteiger partial charge in [0.05, 0.1) is 11.7 Å². The normalized spacial score (nSPS) is 14.5. The van der Waals surface area contributed by atoms with Crippen LogP contribution in [-0.4, -0.2) is 5.11 Å². The third kappa shape index (κ3) is 2.58. The van der Waals surface area contributed by atoms with Gasteiger partial charge in [-0.25, -0.2) is 0 Å². The fourth-order valence-electron chi connectivity index (χ4n) is 1.98. The fraction of sp³-hybridized carbons (Fsp3) is 0.188. The molecule has 2 aromatic rings. The Hall–Kier alpha value is -2.11. The number of nitrogens with zero attached hydrogens (tertiary/aromatic N) is 1. The molecule has 0 heterocycles. The van der Waals surface area contributed by atoms with Crippen LogP contribution < -0.4 is 0 Å². The monoisotopic (exact) mass is 237 g/mol. The molecule has 18 heavy (non-hydrogen) atoms. The van der Waals surface area contributed by atoms with Gasteiger partial charge < -0.3 is 5.11 Å². The summed E-state index contributed by atoms with van der Waals surface area (Å²) in [5.41, 5.74) is -0.0824. The van der Waals surface area contributed by atoms with Crippen molar-refractivity contribution in [2.45, 2.75) is 18.9 Å². The first-order valence-corrected chi connectivity index (χ1v) is 5.90. The lowest BCUT2D eigenvalue weighted by molar-refractivity contribution is 0.0607. The molecular weight excluding hydrogens is 222 g/mol. The Bertz CT molecular complexity index is 620. The van der Waals surface area contributed by atoms with Crippen molar-refractivity contribution in [1.29, 1.82) is 5.26 Å². The third-order valence-corrected chi connectivity index (χ3v) is 3.08. The van der Waals surface area contributed by atoms with Crippen molar-refractivity contribution in [2.75, 3.05) is 0 Å². The smallest absolute Gasteiger partial charge is 0.0908 e. The molecule has 0 spiro atoms. The Labute approximate surface area is 107 Å². The Morgan fingerprint density at radius 1 is 1.22 bits per heavy atom. The van der Waals surface area contributed by atoms with Crippen LogP contribution in [0.25, 0.3) is 10.8 Å². The molecule has 2 nitrogen and oxygen atoms in total. The number of hydrogen-bond donors (Lipinski definition) is 1. The summed E-state index contributed by atoms with van der Waals surface area (Å²) in [4.78, 5) is 0. The average molecular weight is 237 g/mol. The van der Waals surface area contributed by atoms with Gasteiger partial charge in [-0.15, -0.1) is 0 Å². The van der Waals surface area contributed by atoms with Gasteiger partial charge in [0.15, 0.2) is 0 Å². The zero-order valence-corrected chi connectivity index (χ0v) is 10.3. The molecule has 0 fully saturated rings. The SMILES string of the molecule is C[C@](O)(C/C=C\C#N)c1ccc2ccccc2c1. The van der Waals surface area contributed by atoms with E-state index in [-0.39, 0.29) is 0 Å². The molecule has 0 amide bonds. The van der Waals surface area contributed by atoms with Gasteiger partial charge in [0.2, 0.25) is 0 Å². The molecule has 1 atom stereocenters. The van der Waals surface area contributed by atoms with Gasteiger partial charge in [-0.1, -0.05) is 42.5 Å². The Morgan fingerprint density at radius 3 is 2.67 bits per heavy atom. The number of aliphatic hydroxyl groups is 1. The minimum atomic E-state index is -0.947. The second-order valence-electron chi connectivity index (χ2n) is 4.57. The molecule has 0 unspecified atom stereocenters. The molecule has 2 aromatic carbocycles. The molecule has 1 N–H and O–H groups in total. The Morgan fingerprint density at radius 2 is 1.94 bits per heavy atom. The van der Waals surface area contributed by atoms with Crippen molar-refractivity contribution in [3.05, 3.63) is 60.2 Å². The van der Waals surface area contributed by atoms with Gasteiger partial charge in [-0.05, 0) is 35.7 Å². The zero-order valence-electron chi connectivity index (χ0n) is 10.3. The van der Waals surface area contributed by atoms with E-state index < -0.39 is 5.60 Å². The zero-order chi connectivity index (χ0) is 13.0. The number of benzene rings is 2. The van der Waals surface area contributed by atoms with Gasteiger partial charge in [0.1, 0.15) is 0 Å². The summed E-state index contributed by atoms with van der Waals surface area (Å²) >= 11 is 0. The standard InChI is InChI=1S/C16H15NO/c1-16(18,10-4-5-11-17)15-9-8-13-6-2-3-7-14(13)12-15/h2-9,12,18H,10H2,1H3/b5-4-/t16-/m0/s1.